The Balaban J connectivity index is 0.00000136. The van der Waals surface area contributed by atoms with Crippen molar-refractivity contribution >= 4 is 17.5 Å². The quantitative estimate of drug-likeness (QED) is 0.678. The molecule has 28 heavy (non-hydrogen) atoms. The van der Waals surface area contributed by atoms with Crippen molar-refractivity contribution in [3.8, 4) is 11.3 Å². The van der Waals surface area contributed by atoms with Gasteiger partial charge in [-0.15, -0.1) is 0 Å². The van der Waals surface area contributed by atoms with E-state index >= 15 is 0 Å². The smallest absolute Gasteiger partial charge is 0.259 e. The van der Waals surface area contributed by atoms with Gasteiger partial charge < -0.3 is 11.1 Å². The van der Waals surface area contributed by atoms with Crippen molar-refractivity contribution in [2.45, 2.75) is 40.7 Å². The highest BCUT2D eigenvalue weighted by molar-refractivity contribution is 6.04. The normalized spacial score (nSPS) is 10.2. The molecule has 0 aliphatic heterocycles. The second-order valence-electron chi connectivity index (χ2n) is 5.75. The maximum atomic E-state index is 13.7. The Morgan fingerprint density at radius 3 is 2.50 bits per heavy atom. The molecule has 0 atom stereocenters. The fourth-order valence-electron chi connectivity index (χ4n) is 2.69. The van der Waals surface area contributed by atoms with E-state index in [1.54, 1.807) is 18.2 Å². The lowest BCUT2D eigenvalue weighted by atomic mass is 10.1. The molecule has 0 spiro atoms. The first-order chi connectivity index (χ1) is 13.5. The molecule has 2 heterocycles. The fourth-order valence-corrected chi connectivity index (χ4v) is 2.69. The van der Waals surface area contributed by atoms with Gasteiger partial charge in [-0.05, 0) is 43.7 Å². The lowest BCUT2D eigenvalue weighted by Gasteiger charge is -2.10. The van der Waals surface area contributed by atoms with E-state index in [1.165, 1.54) is 18.2 Å². The van der Waals surface area contributed by atoms with Crippen molar-refractivity contribution in [2.24, 2.45) is 0 Å². The van der Waals surface area contributed by atoms with Gasteiger partial charge in [-0.1, -0.05) is 32.9 Å². The van der Waals surface area contributed by atoms with E-state index in [0.717, 1.165) is 23.4 Å². The van der Waals surface area contributed by atoms with E-state index in [9.17, 15) is 9.18 Å². The minimum Gasteiger partial charge on any atom is -0.383 e. The van der Waals surface area contributed by atoms with Crippen LogP contribution in [0.15, 0.2) is 42.5 Å². The molecule has 3 aromatic rings. The van der Waals surface area contributed by atoms with E-state index in [-0.39, 0.29) is 17.2 Å². The summed E-state index contributed by atoms with van der Waals surface area (Å²) in [6, 6.07) is 11.2. The third-order valence-corrected chi connectivity index (χ3v) is 4.05. The van der Waals surface area contributed by atoms with Gasteiger partial charge in [0.2, 0.25) is 0 Å². The molecule has 6 nitrogen and oxygen atoms in total. The molecule has 0 saturated carbocycles. The number of hydrogen-bond acceptors (Lipinski definition) is 4. The maximum absolute atomic E-state index is 13.7. The first-order valence-electron chi connectivity index (χ1n) is 9.43. The molecule has 0 radical (unpaired) electrons. The summed E-state index contributed by atoms with van der Waals surface area (Å²) in [6.45, 7) is 8.75. The minimum atomic E-state index is -0.589. The van der Waals surface area contributed by atoms with E-state index in [4.69, 9.17) is 5.73 Å². The lowest BCUT2D eigenvalue weighted by molar-refractivity contribution is 0.102. The minimum absolute atomic E-state index is 0.0476. The lowest BCUT2D eigenvalue weighted by Crippen LogP contribution is -2.15. The van der Waals surface area contributed by atoms with Crippen LogP contribution in [0.1, 0.15) is 43.7 Å². The van der Waals surface area contributed by atoms with Gasteiger partial charge in [0, 0.05) is 12.1 Å². The highest BCUT2D eigenvalue weighted by atomic mass is 19.1. The van der Waals surface area contributed by atoms with Crippen LogP contribution in [0.25, 0.3) is 11.3 Å². The number of anilines is 2. The number of aromatic nitrogens is 3. The van der Waals surface area contributed by atoms with Crippen molar-refractivity contribution in [3.05, 3.63) is 59.5 Å². The molecule has 1 amide bonds. The summed E-state index contributed by atoms with van der Waals surface area (Å²) in [5.74, 6) is -0.630. The Labute approximate surface area is 164 Å². The number of rotatable bonds is 5. The van der Waals surface area contributed by atoms with Crippen molar-refractivity contribution < 1.29 is 9.18 Å². The van der Waals surface area contributed by atoms with Crippen molar-refractivity contribution in [1.29, 1.82) is 0 Å². The van der Waals surface area contributed by atoms with Gasteiger partial charge in [0.15, 0.2) is 0 Å². The predicted octanol–water partition coefficient (Wildman–Crippen LogP) is 4.53. The van der Waals surface area contributed by atoms with Crippen LogP contribution in [0.4, 0.5) is 16.0 Å². The van der Waals surface area contributed by atoms with Crippen molar-refractivity contribution in [3.63, 3.8) is 0 Å². The number of nitrogen functional groups attached to an aromatic ring is 1. The van der Waals surface area contributed by atoms with E-state index in [0.29, 0.717) is 6.54 Å². The second-order valence-corrected chi connectivity index (χ2v) is 5.75. The number of aryl methyl sites for hydroxylation is 2. The molecule has 0 aliphatic carbocycles. The summed E-state index contributed by atoms with van der Waals surface area (Å²) < 4.78 is 15.6. The number of benzene rings is 1. The summed E-state index contributed by atoms with van der Waals surface area (Å²) in [7, 11) is 0. The van der Waals surface area contributed by atoms with E-state index in [2.05, 4.69) is 15.4 Å². The van der Waals surface area contributed by atoms with Crippen LogP contribution >= 0.6 is 0 Å². The molecule has 3 N–H and O–H groups in total. The Bertz CT molecular complexity index is 952. The molecule has 0 unspecified atom stereocenters. The number of amides is 1. The Morgan fingerprint density at radius 2 is 1.89 bits per heavy atom. The van der Waals surface area contributed by atoms with Gasteiger partial charge >= 0.3 is 0 Å². The molecule has 1 aromatic carbocycles. The van der Waals surface area contributed by atoms with Crippen LogP contribution < -0.4 is 11.1 Å². The average Bonchev–Trinajstić information content (AvgIpc) is 3.13. The van der Waals surface area contributed by atoms with Crippen molar-refractivity contribution in [1.82, 2.24) is 14.8 Å². The molecule has 0 aliphatic rings. The maximum Gasteiger partial charge on any atom is 0.259 e. The summed E-state index contributed by atoms with van der Waals surface area (Å²) in [6.07, 6.45) is 0.824. The van der Waals surface area contributed by atoms with Gasteiger partial charge in [0.05, 0.1) is 17.0 Å². The first kappa shape index (κ1) is 21.1. The zero-order valence-electron chi connectivity index (χ0n) is 16.7. The van der Waals surface area contributed by atoms with Gasteiger partial charge in [-0.25, -0.2) is 9.37 Å². The number of nitrogens with one attached hydrogen (secondary N) is 1. The van der Waals surface area contributed by atoms with E-state index < -0.39 is 11.7 Å². The molecule has 3 rings (SSSR count). The first-order valence-corrected chi connectivity index (χ1v) is 9.43. The molecule has 0 saturated heterocycles. The average molecular weight is 383 g/mol. The topological polar surface area (TPSA) is 85.8 Å². The molecular formula is C21H26FN5O. The number of pyridine rings is 1. The Kier molecular flexibility index (Phi) is 7.26. The third kappa shape index (κ3) is 4.54. The molecule has 0 bridgehead atoms. The zero-order valence-corrected chi connectivity index (χ0v) is 16.7. The Hall–Kier alpha value is -3.22. The number of carbonyl (C=O) groups excluding carboxylic acids is 1. The highest BCUT2D eigenvalue weighted by Gasteiger charge is 2.15. The molecule has 2 aromatic heterocycles. The standard InChI is InChI=1S/C19H20FN5O.C2H6/c1-3-12-11-16(25(4-2)24-12)14-9-10-17(22-18(14)21)23-19(26)13-7-5-6-8-15(13)20;1-2/h5-11H,3-4H2,1-2H3,(H3,21,22,23,26);1-2H3. The number of nitrogens with two attached hydrogens (primary N) is 1. The van der Waals surface area contributed by atoms with Crippen LogP contribution in [0, 0.1) is 5.82 Å². The fraction of sp³-hybridized carbons (Fsp3) is 0.286. The zero-order chi connectivity index (χ0) is 20.7. The molecule has 148 valence electrons. The van der Waals surface area contributed by atoms with Crippen LogP contribution in [0.3, 0.4) is 0 Å². The summed E-state index contributed by atoms with van der Waals surface area (Å²) >= 11 is 0. The number of carbonyl (C=O) groups is 1. The summed E-state index contributed by atoms with van der Waals surface area (Å²) in [5, 5.41) is 7.08. The van der Waals surface area contributed by atoms with Crippen LogP contribution in [-0.4, -0.2) is 20.7 Å². The number of hydrogen-bond donors (Lipinski definition) is 2. The van der Waals surface area contributed by atoms with Crippen LogP contribution in [0.5, 0.6) is 0 Å². The summed E-state index contributed by atoms with van der Waals surface area (Å²) in [4.78, 5) is 16.4. The van der Waals surface area contributed by atoms with Gasteiger partial charge in [0.25, 0.3) is 5.91 Å². The highest BCUT2D eigenvalue weighted by Crippen LogP contribution is 2.27. The molecule has 0 fully saturated rings. The van der Waals surface area contributed by atoms with Crippen LogP contribution in [-0.2, 0) is 13.0 Å². The second kappa shape index (κ2) is 9.64. The summed E-state index contributed by atoms with van der Waals surface area (Å²) in [5.41, 5.74) is 8.63. The monoisotopic (exact) mass is 383 g/mol. The van der Waals surface area contributed by atoms with Gasteiger partial charge in [-0.2, -0.15) is 5.10 Å². The number of nitrogens with zero attached hydrogens (tertiary/aromatic N) is 3. The molecular weight excluding hydrogens is 357 g/mol. The van der Waals surface area contributed by atoms with Gasteiger partial charge in [-0.3, -0.25) is 9.48 Å². The van der Waals surface area contributed by atoms with Crippen molar-refractivity contribution in [2.75, 3.05) is 11.1 Å². The van der Waals surface area contributed by atoms with Crippen LogP contribution in [0.2, 0.25) is 0 Å². The predicted molar refractivity (Wildman–Crippen MR) is 111 cm³/mol. The molecule has 7 heteroatoms. The largest absolute Gasteiger partial charge is 0.383 e. The van der Waals surface area contributed by atoms with E-state index in [1.807, 2.05) is 38.4 Å². The van der Waals surface area contributed by atoms with Gasteiger partial charge in [0.1, 0.15) is 17.5 Å². The number of halogens is 1. The Morgan fingerprint density at radius 1 is 1.18 bits per heavy atom. The third-order valence-electron chi connectivity index (χ3n) is 4.05. The SMILES string of the molecule is CC.CCc1cc(-c2ccc(NC(=O)c3ccccc3F)nc2N)n(CC)n1.